The summed E-state index contributed by atoms with van der Waals surface area (Å²) >= 11 is 0. The summed E-state index contributed by atoms with van der Waals surface area (Å²) in [6, 6.07) is 6.94. The Morgan fingerprint density at radius 2 is 1.95 bits per heavy atom. The van der Waals surface area contributed by atoms with Crippen LogP contribution in [0.25, 0.3) is 0 Å². The Bertz CT molecular complexity index is 581. The minimum absolute atomic E-state index is 0.112. The zero-order valence-electron chi connectivity index (χ0n) is 11.5. The highest BCUT2D eigenvalue weighted by Gasteiger charge is 2.35. The van der Waals surface area contributed by atoms with Gasteiger partial charge in [0.2, 0.25) is 5.91 Å². The van der Waals surface area contributed by atoms with Crippen LogP contribution in [0.15, 0.2) is 24.3 Å². The van der Waals surface area contributed by atoms with E-state index in [0.29, 0.717) is 18.5 Å². The Kier molecular flexibility index (Phi) is 4.32. The second-order valence-corrected chi connectivity index (χ2v) is 7.55. The van der Waals surface area contributed by atoms with Crippen LogP contribution in [0.5, 0.6) is 0 Å². The number of nitrogens with one attached hydrogen (secondary N) is 1. The first-order chi connectivity index (χ1) is 9.40. The highest BCUT2D eigenvalue weighted by Crippen LogP contribution is 2.21. The van der Waals surface area contributed by atoms with Gasteiger partial charge >= 0.3 is 0 Å². The van der Waals surface area contributed by atoms with Gasteiger partial charge in [-0.2, -0.15) is 0 Å². The maximum atomic E-state index is 12.1. The van der Waals surface area contributed by atoms with Crippen LogP contribution in [0.4, 0.5) is 5.69 Å². The molecule has 5 nitrogen and oxygen atoms in total. The van der Waals surface area contributed by atoms with E-state index in [1.807, 2.05) is 19.1 Å². The van der Waals surface area contributed by atoms with Crippen molar-refractivity contribution in [2.75, 3.05) is 11.5 Å². The molecule has 6 heteroatoms. The summed E-state index contributed by atoms with van der Waals surface area (Å²) in [4.78, 5) is 12.1. The molecule has 1 heterocycles. The number of anilines is 1. The highest BCUT2D eigenvalue weighted by molar-refractivity contribution is 7.92. The lowest BCUT2D eigenvalue weighted by Gasteiger charge is -2.23. The lowest BCUT2D eigenvalue weighted by molar-refractivity contribution is -0.121. The first-order valence-electron chi connectivity index (χ1n) is 6.77. The van der Waals surface area contributed by atoms with Crippen molar-refractivity contribution < 1.29 is 13.2 Å². The predicted octanol–water partition coefficient (Wildman–Crippen LogP) is 1.41. The summed E-state index contributed by atoms with van der Waals surface area (Å²) in [7, 11) is -3.29. The van der Waals surface area contributed by atoms with Gasteiger partial charge in [0.25, 0.3) is 0 Å². The molecule has 1 aliphatic heterocycles. The van der Waals surface area contributed by atoms with Crippen molar-refractivity contribution in [1.82, 2.24) is 5.32 Å². The largest absolute Gasteiger partial charge is 0.399 e. The van der Waals surface area contributed by atoms with Gasteiger partial charge in [-0.3, -0.25) is 4.79 Å². The van der Waals surface area contributed by atoms with Crippen LogP contribution in [0.2, 0.25) is 0 Å². The van der Waals surface area contributed by atoms with Gasteiger partial charge in [-0.15, -0.1) is 0 Å². The van der Waals surface area contributed by atoms with E-state index in [1.54, 1.807) is 12.1 Å². The van der Waals surface area contributed by atoms with Crippen LogP contribution in [-0.2, 0) is 14.6 Å². The molecule has 1 aromatic carbocycles. The predicted molar refractivity (Wildman–Crippen MR) is 78.8 cm³/mol. The molecule has 3 N–H and O–H groups in total. The summed E-state index contributed by atoms with van der Waals surface area (Å²) in [5.74, 6) is -0.282. The molecule has 1 saturated heterocycles. The fourth-order valence-electron chi connectivity index (χ4n) is 2.42. The molecule has 0 saturated carbocycles. The third kappa shape index (κ3) is 3.30. The number of benzene rings is 1. The van der Waals surface area contributed by atoms with Gasteiger partial charge in [-0.25, -0.2) is 8.42 Å². The van der Waals surface area contributed by atoms with E-state index in [9.17, 15) is 13.2 Å². The molecule has 0 radical (unpaired) electrons. The molecule has 2 unspecified atom stereocenters. The summed E-state index contributed by atoms with van der Waals surface area (Å²) in [5.41, 5.74) is 7.17. The Morgan fingerprint density at radius 1 is 1.30 bits per heavy atom. The van der Waals surface area contributed by atoms with Gasteiger partial charge in [-0.05, 0) is 37.5 Å². The number of hydrogen-bond donors (Lipinski definition) is 2. The average molecular weight is 296 g/mol. The van der Waals surface area contributed by atoms with Crippen molar-refractivity contribution in [3.05, 3.63) is 29.8 Å². The fraction of sp³-hybridized carbons (Fsp3) is 0.500. The SMILES string of the molecule is CC(NC(=O)C1CCCCS1(=O)=O)c1ccc(N)cc1. The molecule has 20 heavy (non-hydrogen) atoms. The zero-order valence-corrected chi connectivity index (χ0v) is 12.3. The summed E-state index contributed by atoms with van der Waals surface area (Å²) < 4.78 is 23.8. The Morgan fingerprint density at radius 3 is 2.55 bits per heavy atom. The van der Waals surface area contributed by atoms with Gasteiger partial charge in [0.1, 0.15) is 5.25 Å². The normalized spacial score (nSPS) is 22.9. The van der Waals surface area contributed by atoms with Crippen molar-refractivity contribution in [3.63, 3.8) is 0 Å². The second kappa shape index (κ2) is 5.83. The molecule has 0 bridgehead atoms. The maximum Gasteiger partial charge on any atom is 0.238 e. The van der Waals surface area contributed by atoms with Gasteiger partial charge in [0.05, 0.1) is 11.8 Å². The van der Waals surface area contributed by atoms with Crippen LogP contribution in [0, 0.1) is 0 Å². The molecule has 0 aliphatic carbocycles. The number of carbonyl (C=O) groups excluding carboxylic acids is 1. The smallest absolute Gasteiger partial charge is 0.238 e. The third-order valence-corrected chi connectivity index (χ3v) is 5.84. The quantitative estimate of drug-likeness (QED) is 0.825. The number of nitrogen functional groups attached to an aromatic ring is 1. The van der Waals surface area contributed by atoms with E-state index in [0.717, 1.165) is 12.0 Å². The molecule has 110 valence electrons. The van der Waals surface area contributed by atoms with E-state index in [1.165, 1.54) is 0 Å². The lowest BCUT2D eigenvalue weighted by Crippen LogP contribution is -2.43. The molecule has 2 rings (SSSR count). The molecule has 1 aromatic rings. The lowest BCUT2D eigenvalue weighted by atomic mass is 10.1. The van der Waals surface area contributed by atoms with Crippen LogP contribution < -0.4 is 11.1 Å². The summed E-state index contributed by atoms with van der Waals surface area (Å²) in [6.07, 6.45) is 1.86. The Labute approximate surface area is 119 Å². The van der Waals surface area contributed by atoms with Crippen LogP contribution >= 0.6 is 0 Å². The van der Waals surface area contributed by atoms with Crippen molar-refractivity contribution in [3.8, 4) is 0 Å². The summed E-state index contributed by atoms with van der Waals surface area (Å²) in [5, 5.41) is 1.89. The summed E-state index contributed by atoms with van der Waals surface area (Å²) in [6.45, 7) is 1.83. The number of nitrogens with two attached hydrogens (primary N) is 1. The van der Waals surface area contributed by atoms with Crippen molar-refractivity contribution in [1.29, 1.82) is 0 Å². The number of hydrogen-bond acceptors (Lipinski definition) is 4. The van der Waals surface area contributed by atoms with Gasteiger partial charge in [0.15, 0.2) is 9.84 Å². The molecule has 0 spiro atoms. The van der Waals surface area contributed by atoms with E-state index in [4.69, 9.17) is 5.73 Å². The minimum Gasteiger partial charge on any atom is -0.399 e. The fourth-order valence-corrected chi connectivity index (χ4v) is 4.23. The molecule has 0 aromatic heterocycles. The van der Waals surface area contributed by atoms with Crippen molar-refractivity contribution in [2.24, 2.45) is 0 Å². The molecular formula is C14H20N2O3S. The number of rotatable bonds is 3. The van der Waals surface area contributed by atoms with Crippen molar-refractivity contribution in [2.45, 2.75) is 37.5 Å². The minimum atomic E-state index is -3.29. The number of carbonyl (C=O) groups is 1. The first-order valence-corrected chi connectivity index (χ1v) is 8.49. The van der Waals surface area contributed by atoms with E-state index < -0.39 is 21.0 Å². The first kappa shape index (κ1) is 14.8. The van der Waals surface area contributed by atoms with Crippen LogP contribution in [-0.4, -0.2) is 25.3 Å². The monoisotopic (exact) mass is 296 g/mol. The Balaban J connectivity index is 2.05. The zero-order chi connectivity index (χ0) is 14.8. The second-order valence-electron chi connectivity index (χ2n) is 5.25. The van der Waals surface area contributed by atoms with Crippen molar-refractivity contribution >= 4 is 21.4 Å². The van der Waals surface area contributed by atoms with Gasteiger partial charge < -0.3 is 11.1 Å². The Hall–Kier alpha value is -1.56. The van der Waals surface area contributed by atoms with E-state index >= 15 is 0 Å². The topological polar surface area (TPSA) is 89.3 Å². The van der Waals surface area contributed by atoms with Crippen LogP contribution in [0.3, 0.4) is 0 Å². The van der Waals surface area contributed by atoms with Gasteiger partial charge in [0, 0.05) is 5.69 Å². The van der Waals surface area contributed by atoms with Crippen LogP contribution in [0.1, 0.15) is 37.8 Å². The molecule has 1 aliphatic rings. The average Bonchev–Trinajstić information content (AvgIpc) is 2.38. The third-order valence-electron chi connectivity index (χ3n) is 3.67. The highest BCUT2D eigenvalue weighted by atomic mass is 32.2. The number of amides is 1. The van der Waals surface area contributed by atoms with E-state index in [2.05, 4.69) is 5.32 Å². The molecule has 1 amide bonds. The molecule has 2 atom stereocenters. The number of sulfone groups is 1. The molecule has 1 fully saturated rings. The van der Waals surface area contributed by atoms with Gasteiger partial charge in [-0.1, -0.05) is 18.6 Å². The molecular weight excluding hydrogens is 276 g/mol. The standard InChI is InChI=1S/C14H20N2O3S/c1-10(11-5-7-12(15)8-6-11)16-14(17)13-4-2-3-9-20(13,18)19/h5-8,10,13H,2-4,9,15H2,1H3,(H,16,17). The van der Waals surface area contributed by atoms with E-state index in [-0.39, 0.29) is 11.8 Å². The maximum absolute atomic E-state index is 12.1.